The molecule has 2 atom stereocenters. The number of sulfonamides is 1. The molecule has 1 rings (SSSR count). The molecule has 2 unspecified atom stereocenters. The maximum Gasteiger partial charge on any atom is 0.308 e. The highest BCUT2D eigenvalue weighted by atomic mass is 32.2. The van der Waals surface area contributed by atoms with E-state index in [2.05, 4.69) is 0 Å². The number of likely N-dealkylation sites (tertiary alicyclic amines) is 1. The van der Waals surface area contributed by atoms with Gasteiger partial charge in [-0.1, -0.05) is 13.8 Å². The minimum atomic E-state index is -3.63. The molecule has 1 heterocycles. The van der Waals surface area contributed by atoms with Crippen LogP contribution < -0.4 is 0 Å². The molecule has 1 amide bonds. The molecule has 8 heteroatoms. The number of carboxylic acid groups (broad SMARTS) is 1. The van der Waals surface area contributed by atoms with Gasteiger partial charge in [-0.05, 0) is 13.3 Å². The number of carbonyl (C=O) groups excluding carboxylic acids is 1. The maximum absolute atomic E-state index is 12.1. The second-order valence-electron chi connectivity index (χ2n) is 4.90. The zero-order chi connectivity index (χ0) is 15.5. The van der Waals surface area contributed by atoms with E-state index in [4.69, 9.17) is 5.11 Å². The van der Waals surface area contributed by atoms with E-state index in [9.17, 15) is 18.0 Å². The largest absolute Gasteiger partial charge is 0.481 e. The zero-order valence-corrected chi connectivity index (χ0v) is 12.9. The second-order valence-corrected chi connectivity index (χ2v) is 6.87. The molecule has 1 N–H and O–H groups in total. The van der Waals surface area contributed by atoms with Crippen molar-refractivity contribution in [2.24, 2.45) is 5.92 Å². The topological polar surface area (TPSA) is 95.0 Å². The van der Waals surface area contributed by atoms with E-state index in [1.165, 1.54) is 9.21 Å². The molecule has 0 radical (unpaired) electrons. The van der Waals surface area contributed by atoms with Crippen LogP contribution in [0.4, 0.5) is 0 Å². The first-order valence-corrected chi connectivity index (χ1v) is 8.35. The lowest BCUT2D eigenvalue weighted by Crippen LogP contribution is -2.44. The van der Waals surface area contributed by atoms with E-state index in [1.807, 2.05) is 0 Å². The van der Waals surface area contributed by atoms with Gasteiger partial charge in [-0.3, -0.25) is 9.59 Å². The molecule has 20 heavy (non-hydrogen) atoms. The smallest absolute Gasteiger partial charge is 0.308 e. The summed E-state index contributed by atoms with van der Waals surface area (Å²) < 4.78 is 25.3. The number of carbonyl (C=O) groups is 2. The van der Waals surface area contributed by atoms with Gasteiger partial charge >= 0.3 is 5.97 Å². The van der Waals surface area contributed by atoms with Crippen molar-refractivity contribution in [3.8, 4) is 0 Å². The summed E-state index contributed by atoms with van der Waals surface area (Å²) in [6.45, 7) is 6.01. The van der Waals surface area contributed by atoms with Crippen molar-refractivity contribution in [1.29, 1.82) is 0 Å². The van der Waals surface area contributed by atoms with E-state index in [1.54, 1.807) is 20.8 Å². The first-order valence-electron chi connectivity index (χ1n) is 6.74. The predicted molar refractivity (Wildman–Crippen MR) is 73.6 cm³/mol. The van der Waals surface area contributed by atoms with Crippen molar-refractivity contribution in [2.75, 3.05) is 25.4 Å². The van der Waals surface area contributed by atoms with Gasteiger partial charge in [0.1, 0.15) is 5.75 Å². The average molecular weight is 306 g/mol. The average Bonchev–Trinajstić information content (AvgIpc) is 2.71. The Labute approximate surface area is 119 Å². The van der Waals surface area contributed by atoms with Crippen LogP contribution in [-0.4, -0.2) is 66.0 Å². The lowest BCUT2D eigenvalue weighted by Gasteiger charge is -2.25. The summed E-state index contributed by atoms with van der Waals surface area (Å²) in [6.07, 6.45) is 0.369. The molecule has 116 valence electrons. The highest BCUT2D eigenvalue weighted by molar-refractivity contribution is 7.89. The SMILES string of the molecule is CCN(CC)S(=O)(=O)CC(=O)N1CCC(C(=O)O)C1C. The molecule has 0 bridgehead atoms. The summed E-state index contributed by atoms with van der Waals surface area (Å²) in [4.78, 5) is 24.5. The van der Waals surface area contributed by atoms with Crippen molar-refractivity contribution in [3.63, 3.8) is 0 Å². The van der Waals surface area contributed by atoms with Crippen molar-refractivity contribution in [1.82, 2.24) is 9.21 Å². The van der Waals surface area contributed by atoms with E-state index in [-0.39, 0.29) is 0 Å². The molecule has 0 saturated carbocycles. The third kappa shape index (κ3) is 3.49. The third-order valence-corrected chi connectivity index (χ3v) is 5.71. The Morgan fingerprint density at radius 1 is 1.30 bits per heavy atom. The number of rotatable bonds is 6. The first kappa shape index (κ1) is 16.9. The highest BCUT2D eigenvalue weighted by Gasteiger charge is 2.39. The molecule has 1 fully saturated rings. The lowest BCUT2D eigenvalue weighted by atomic mass is 10.0. The fraction of sp³-hybridized carbons (Fsp3) is 0.833. The van der Waals surface area contributed by atoms with Crippen LogP contribution in [0.15, 0.2) is 0 Å². The lowest BCUT2D eigenvalue weighted by molar-refractivity contribution is -0.142. The van der Waals surface area contributed by atoms with Crippen LogP contribution in [0.5, 0.6) is 0 Å². The fourth-order valence-electron chi connectivity index (χ4n) is 2.57. The molecule has 1 saturated heterocycles. The zero-order valence-electron chi connectivity index (χ0n) is 12.1. The van der Waals surface area contributed by atoms with Crippen LogP contribution >= 0.6 is 0 Å². The number of carboxylic acids is 1. The third-order valence-electron chi connectivity index (χ3n) is 3.80. The van der Waals surface area contributed by atoms with Gasteiger partial charge in [-0.25, -0.2) is 12.7 Å². The van der Waals surface area contributed by atoms with Gasteiger partial charge in [0, 0.05) is 25.7 Å². The van der Waals surface area contributed by atoms with Crippen LogP contribution in [0.1, 0.15) is 27.2 Å². The van der Waals surface area contributed by atoms with Gasteiger partial charge in [0.05, 0.1) is 5.92 Å². The van der Waals surface area contributed by atoms with E-state index in [0.717, 1.165) is 0 Å². The molecule has 0 aromatic carbocycles. The van der Waals surface area contributed by atoms with Crippen LogP contribution in [0.25, 0.3) is 0 Å². The van der Waals surface area contributed by atoms with Crippen molar-refractivity contribution in [3.05, 3.63) is 0 Å². The van der Waals surface area contributed by atoms with Crippen molar-refractivity contribution in [2.45, 2.75) is 33.2 Å². The quantitative estimate of drug-likeness (QED) is 0.744. The minimum Gasteiger partial charge on any atom is -0.481 e. The summed E-state index contributed by atoms with van der Waals surface area (Å²) in [5.74, 6) is -2.67. The second kappa shape index (κ2) is 6.53. The molecule has 1 aliphatic rings. The summed E-state index contributed by atoms with van der Waals surface area (Å²) in [6, 6.07) is -0.466. The molecule has 0 aromatic rings. The highest BCUT2D eigenvalue weighted by Crippen LogP contribution is 2.24. The number of hydrogen-bond acceptors (Lipinski definition) is 4. The fourth-order valence-corrected chi connectivity index (χ4v) is 4.02. The van der Waals surface area contributed by atoms with Crippen molar-refractivity contribution >= 4 is 21.9 Å². The summed E-state index contributed by atoms with van der Waals surface area (Å²) in [5, 5.41) is 9.02. The van der Waals surface area contributed by atoms with E-state index >= 15 is 0 Å². The number of aliphatic carboxylic acids is 1. The van der Waals surface area contributed by atoms with Gasteiger partial charge in [-0.2, -0.15) is 0 Å². The Morgan fingerprint density at radius 3 is 2.25 bits per heavy atom. The van der Waals surface area contributed by atoms with Gasteiger partial charge < -0.3 is 10.0 Å². The predicted octanol–water partition coefficient (Wildman–Crippen LogP) is -0.0204. The van der Waals surface area contributed by atoms with Crippen LogP contribution in [0, 0.1) is 5.92 Å². The summed E-state index contributed by atoms with van der Waals surface area (Å²) >= 11 is 0. The van der Waals surface area contributed by atoms with Crippen LogP contribution in [0.2, 0.25) is 0 Å². The molecule has 0 aliphatic carbocycles. The number of amides is 1. The maximum atomic E-state index is 12.1. The molecule has 0 aromatic heterocycles. The molecule has 1 aliphatic heterocycles. The Bertz CT molecular complexity index is 472. The van der Waals surface area contributed by atoms with Crippen LogP contribution in [0.3, 0.4) is 0 Å². The normalized spacial score (nSPS) is 23.3. The number of hydrogen-bond donors (Lipinski definition) is 1. The van der Waals surface area contributed by atoms with Gasteiger partial charge in [0.15, 0.2) is 0 Å². The molecule has 0 spiro atoms. The Morgan fingerprint density at radius 2 is 1.85 bits per heavy atom. The summed E-state index contributed by atoms with van der Waals surface area (Å²) in [5.41, 5.74) is 0. The number of nitrogens with zero attached hydrogens (tertiary/aromatic N) is 2. The first-order chi connectivity index (χ1) is 9.24. The monoisotopic (exact) mass is 306 g/mol. The Hall–Kier alpha value is -1.15. The Kier molecular flexibility index (Phi) is 5.52. The molecule has 7 nitrogen and oxygen atoms in total. The molecular formula is C12H22N2O5S. The molecular weight excluding hydrogens is 284 g/mol. The van der Waals surface area contributed by atoms with E-state index in [0.29, 0.717) is 26.1 Å². The standard InChI is InChI=1S/C12H22N2O5S/c1-4-13(5-2)20(18,19)8-11(15)14-7-6-10(9(14)3)12(16)17/h9-10H,4-8H2,1-3H3,(H,16,17). The van der Waals surface area contributed by atoms with Gasteiger partial charge in [0.2, 0.25) is 15.9 Å². The van der Waals surface area contributed by atoms with Gasteiger partial charge in [0.25, 0.3) is 0 Å². The van der Waals surface area contributed by atoms with Crippen LogP contribution in [-0.2, 0) is 19.6 Å². The Balaban J connectivity index is 2.76. The van der Waals surface area contributed by atoms with E-state index < -0.39 is 39.6 Å². The van der Waals surface area contributed by atoms with Gasteiger partial charge in [-0.15, -0.1) is 0 Å². The minimum absolute atomic E-state index is 0.296. The summed E-state index contributed by atoms with van der Waals surface area (Å²) in [7, 11) is -3.63. The van der Waals surface area contributed by atoms with Crippen molar-refractivity contribution < 1.29 is 23.1 Å².